The number of aromatic nitrogens is 4. The third-order valence-corrected chi connectivity index (χ3v) is 10.9. The van der Waals surface area contributed by atoms with E-state index in [2.05, 4.69) is 26.0 Å². The molecule has 39 heavy (non-hydrogen) atoms. The van der Waals surface area contributed by atoms with Crippen molar-refractivity contribution >= 4 is 38.6 Å². The van der Waals surface area contributed by atoms with E-state index in [0.29, 0.717) is 66.1 Å². The van der Waals surface area contributed by atoms with E-state index in [4.69, 9.17) is 0 Å². The molecule has 0 radical (unpaired) electrons. The van der Waals surface area contributed by atoms with Gasteiger partial charge in [-0.25, -0.2) is 22.5 Å². The predicted octanol–water partition coefficient (Wildman–Crippen LogP) is 2.25. The number of hydrogen-bond donors (Lipinski definition) is 1. The lowest BCUT2D eigenvalue weighted by molar-refractivity contribution is -0.132. The summed E-state index contributed by atoms with van der Waals surface area (Å²) in [7, 11) is -4.04. The number of carbonyl (C=O) groups is 1. The van der Waals surface area contributed by atoms with Crippen LogP contribution in [-0.2, 0) is 20.2 Å². The number of amides is 1. The van der Waals surface area contributed by atoms with Crippen molar-refractivity contribution in [1.82, 2.24) is 29.2 Å². The molecule has 204 valence electrons. The lowest BCUT2D eigenvalue weighted by Gasteiger charge is -2.36. The first-order chi connectivity index (χ1) is 18.8. The van der Waals surface area contributed by atoms with Crippen LogP contribution in [0.5, 0.6) is 0 Å². The molecule has 14 heteroatoms. The average Bonchev–Trinajstić information content (AvgIpc) is 3.90. The van der Waals surface area contributed by atoms with Gasteiger partial charge >= 0.3 is 0 Å². The summed E-state index contributed by atoms with van der Waals surface area (Å²) in [6.07, 6.45) is 7.43. The lowest BCUT2D eigenvalue weighted by Crippen LogP contribution is -2.49. The maximum Gasteiger partial charge on any atom is 0.242 e. The van der Waals surface area contributed by atoms with Crippen molar-refractivity contribution in [1.29, 1.82) is 5.26 Å². The van der Waals surface area contributed by atoms with Crippen molar-refractivity contribution in [2.24, 2.45) is 5.92 Å². The van der Waals surface area contributed by atoms with Gasteiger partial charge in [0.1, 0.15) is 27.7 Å². The quantitative estimate of drug-likeness (QED) is 0.436. The molecule has 1 amide bonds. The largest absolute Gasteiger partial charge is 0.365 e. The highest BCUT2D eigenvalue weighted by Gasteiger charge is 2.49. The minimum absolute atomic E-state index is 0.000822. The summed E-state index contributed by atoms with van der Waals surface area (Å²) in [6, 6.07) is 3.92. The van der Waals surface area contributed by atoms with E-state index in [0.717, 1.165) is 25.7 Å². The highest BCUT2D eigenvalue weighted by molar-refractivity contribution is 7.89. The molecule has 3 aromatic rings. The summed E-state index contributed by atoms with van der Waals surface area (Å²) in [5.74, 6) is 0.345. The highest BCUT2D eigenvalue weighted by atomic mass is 32.2. The molecular weight excluding hydrogens is 543 g/mol. The Balaban J connectivity index is 1.28. The van der Waals surface area contributed by atoms with E-state index in [1.807, 2.05) is 9.80 Å². The average molecular weight is 571 g/mol. The molecule has 7 rings (SSSR count). The Bertz CT molecular complexity index is 1620. The lowest BCUT2D eigenvalue weighted by atomic mass is 10.1. The van der Waals surface area contributed by atoms with Gasteiger partial charge in [0.15, 0.2) is 10.7 Å². The Hall–Kier alpha value is -3.15. The van der Waals surface area contributed by atoms with Crippen molar-refractivity contribution in [3.63, 3.8) is 0 Å². The number of nitrogens with one attached hydrogen (secondary N) is 1. The fourth-order valence-electron chi connectivity index (χ4n) is 5.12. The Morgan fingerprint density at radius 3 is 2.54 bits per heavy atom. The van der Waals surface area contributed by atoms with Gasteiger partial charge in [0.2, 0.25) is 15.9 Å². The summed E-state index contributed by atoms with van der Waals surface area (Å²) in [6.45, 7) is 1.41. The van der Waals surface area contributed by atoms with Crippen LogP contribution >= 0.6 is 11.3 Å². The van der Waals surface area contributed by atoms with Crippen molar-refractivity contribution in [3.05, 3.63) is 23.5 Å². The molecule has 4 heterocycles. The number of halogens is 1. The Labute approximate surface area is 228 Å². The monoisotopic (exact) mass is 570 g/mol. The number of anilines is 1. The third kappa shape index (κ3) is 4.27. The van der Waals surface area contributed by atoms with Gasteiger partial charge in [0, 0.05) is 38.3 Å². The standard InChI is InChI=1S/C25H27FN8O3S2/c26-14-25(5-6-25)31-39(36,37)17-11-18(32-7-9-33(10-8-32)22(35)16-1-2-16)20-28-12-19(34(20)13-17)21-29-30-23(38-21)24(15-27)3-4-24/h11-13,16,31H,1-10,14H2. The van der Waals surface area contributed by atoms with Crippen molar-refractivity contribution in [2.45, 2.75) is 54.4 Å². The van der Waals surface area contributed by atoms with Crippen LogP contribution in [0.4, 0.5) is 10.1 Å². The Morgan fingerprint density at radius 1 is 1.18 bits per heavy atom. The topological polar surface area (TPSA) is 137 Å². The Kier molecular flexibility index (Phi) is 5.53. The number of alkyl halides is 1. The van der Waals surface area contributed by atoms with Gasteiger partial charge in [0.05, 0.1) is 23.5 Å². The number of nitrogens with zero attached hydrogens (tertiary/aromatic N) is 7. The molecular formula is C25H27FN8O3S2. The van der Waals surface area contributed by atoms with E-state index >= 15 is 0 Å². The normalized spacial score (nSPS) is 21.6. The van der Waals surface area contributed by atoms with Crippen LogP contribution in [0.25, 0.3) is 16.3 Å². The molecule has 3 aliphatic carbocycles. The number of carbonyl (C=O) groups excluding carboxylic acids is 1. The zero-order valence-electron chi connectivity index (χ0n) is 21.1. The van der Waals surface area contributed by atoms with Crippen molar-refractivity contribution in [3.8, 4) is 16.8 Å². The molecule has 0 atom stereocenters. The molecule has 4 fully saturated rings. The molecule has 1 aliphatic heterocycles. The second kappa shape index (κ2) is 8.67. The second-order valence-electron chi connectivity index (χ2n) is 11.1. The first-order valence-corrected chi connectivity index (χ1v) is 15.5. The molecule has 11 nitrogen and oxygen atoms in total. The van der Waals surface area contributed by atoms with Crippen LogP contribution in [0.2, 0.25) is 0 Å². The van der Waals surface area contributed by atoms with Crippen molar-refractivity contribution < 1.29 is 17.6 Å². The van der Waals surface area contributed by atoms with Crippen LogP contribution < -0.4 is 9.62 Å². The predicted molar refractivity (Wildman–Crippen MR) is 140 cm³/mol. The Morgan fingerprint density at radius 2 is 1.92 bits per heavy atom. The molecule has 0 spiro atoms. The molecule has 4 aliphatic rings. The molecule has 0 aromatic carbocycles. The van der Waals surface area contributed by atoms with Crippen molar-refractivity contribution in [2.75, 3.05) is 37.8 Å². The van der Waals surface area contributed by atoms with Gasteiger partial charge in [-0.1, -0.05) is 11.3 Å². The number of piperazine rings is 1. The van der Waals surface area contributed by atoms with E-state index in [1.54, 1.807) is 16.7 Å². The number of imidazole rings is 1. The smallest absolute Gasteiger partial charge is 0.242 e. The number of sulfonamides is 1. The van der Waals surface area contributed by atoms with Gasteiger partial charge in [-0.3, -0.25) is 9.20 Å². The highest BCUT2D eigenvalue weighted by Crippen LogP contribution is 2.49. The van der Waals surface area contributed by atoms with Crippen LogP contribution in [-0.4, -0.2) is 77.2 Å². The van der Waals surface area contributed by atoms with Gasteiger partial charge in [0.25, 0.3) is 0 Å². The zero-order valence-corrected chi connectivity index (χ0v) is 22.8. The number of hydrogen-bond acceptors (Lipinski definition) is 9. The summed E-state index contributed by atoms with van der Waals surface area (Å²) in [4.78, 5) is 21.1. The number of rotatable bonds is 8. The minimum Gasteiger partial charge on any atom is -0.365 e. The van der Waals surface area contributed by atoms with Crippen LogP contribution in [0.1, 0.15) is 43.5 Å². The number of pyridine rings is 1. The minimum atomic E-state index is -4.04. The van der Waals surface area contributed by atoms with Crippen LogP contribution in [0.15, 0.2) is 23.4 Å². The van der Waals surface area contributed by atoms with Gasteiger partial charge in [-0.05, 0) is 44.6 Å². The molecule has 3 saturated carbocycles. The van der Waals surface area contributed by atoms with E-state index in [9.17, 15) is 22.9 Å². The fraction of sp³-hybridized carbons (Fsp3) is 0.560. The maximum absolute atomic E-state index is 13.6. The molecule has 1 N–H and O–H groups in total. The molecule has 3 aromatic heterocycles. The van der Waals surface area contributed by atoms with Gasteiger partial charge < -0.3 is 9.80 Å². The SMILES string of the molecule is N#CC1(c2nnc(-c3cnc4c(N5CCN(C(=O)C6CC6)CC5)cc(S(=O)(=O)NC5(CF)CC5)cn34)s2)CC1. The molecule has 0 unspecified atom stereocenters. The van der Waals surface area contributed by atoms with Crippen LogP contribution in [0, 0.1) is 17.2 Å². The fourth-order valence-corrected chi connectivity index (χ4v) is 7.62. The van der Waals surface area contributed by atoms with Crippen LogP contribution in [0.3, 0.4) is 0 Å². The maximum atomic E-state index is 13.6. The number of fused-ring (bicyclic) bond motifs is 1. The summed E-state index contributed by atoms with van der Waals surface area (Å²) in [5.41, 5.74) is 0.117. The number of nitriles is 1. The van der Waals surface area contributed by atoms with E-state index < -0.39 is 27.7 Å². The van der Waals surface area contributed by atoms with Gasteiger partial charge in [-0.2, -0.15) is 5.26 Å². The summed E-state index contributed by atoms with van der Waals surface area (Å²) >= 11 is 1.31. The summed E-state index contributed by atoms with van der Waals surface area (Å²) in [5, 5.41) is 19.3. The zero-order chi connectivity index (χ0) is 27.0. The molecule has 1 saturated heterocycles. The first-order valence-electron chi connectivity index (χ1n) is 13.2. The molecule has 0 bridgehead atoms. The van der Waals surface area contributed by atoms with E-state index in [-0.39, 0.29) is 16.7 Å². The first kappa shape index (κ1) is 24.9. The summed E-state index contributed by atoms with van der Waals surface area (Å²) < 4.78 is 44.8. The second-order valence-corrected chi connectivity index (χ2v) is 13.8. The van der Waals surface area contributed by atoms with E-state index in [1.165, 1.54) is 17.5 Å². The third-order valence-electron chi connectivity index (χ3n) is 8.21. The van der Waals surface area contributed by atoms with Gasteiger partial charge in [-0.15, -0.1) is 10.2 Å².